The van der Waals surface area contributed by atoms with E-state index in [0.717, 1.165) is 19.8 Å². The van der Waals surface area contributed by atoms with Crippen molar-refractivity contribution < 1.29 is 4.79 Å². The van der Waals surface area contributed by atoms with Gasteiger partial charge in [-0.3, -0.25) is 9.69 Å². The minimum Gasteiger partial charge on any atom is -0.284 e. The summed E-state index contributed by atoms with van der Waals surface area (Å²) in [4.78, 5) is 18.9. The van der Waals surface area contributed by atoms with E-state index in [4.69, 9.17) is 0 Å². The second-order valence-electron chi connectivity index (χ2n) is 4.52. The lowest BCUT2D eigenvalue weighted by Crippen LogP contribution is -2.30. The summed E-state index contributed by atoms with van der Waals surface area (Å²) in [7, 11) is 0. The number of nitrogens with zero attached hydrogens (tertiary/aromatic N) is 2. The molecule has 0 radical (unpaired) electrons. The minimum absolute atomic E-state index is 0.0240. The van der Waals surface area contributed by atoms with E-state index in [1.807, 2.05) is 55.5 Å². The molecule has 0 atom stereocenters. The molecular formula is C16H13BrN2OS. The lowest BCUT2D eigenvalue weighted by molar-refractivity contribution is 0.0988. The molecule has 0 aliphatic heterocycles. The van der Waals surface area contributed by atoms with E-state index in [2.05, 4.69) is 20.9 Å². The SMILES string of the molecule is CCN(C(=O)c1ccc(Br)cc1)c1nc2ccccc2s1. The third kappa shape index (κ3) is 2.84. The second-order valence-corrected chi connectivity index (χ2v) is 6.45. The predicted octanol–water partition coefficient (Wildman–Crippen LogP) is 4.73. The molecule has 0 aliphatic rings. The number of rotatable bonds is 3. The quantitative estimate of drug-likeness (QED) is 0.676. The van der Waals surface area contributed by atoms with Crippen LogP contribution >= 0.6 is 27.3 Å². The highest BCUT2D eigenvalue weighted by Gasteiger charge is 2.19. The first kappa shape index (κ1) is 14.2. The molecule has 106 valence electrons. The normalized spacial score (nSPS) is 10.8. The van der Waals surface area contributed by atoms with Gasteiger partial charge in [0.05, 0.1) is 10.2 Å². The van der Waals surface area contributed by atoms with E-state index in [0.29, 0.717) is 12.1 Å². The number of hydrogen-bond acceptors (Lipinski definition) is 3. The van der Waals surface area contributed by atoms with Crippen LogP contribution in [0.2, 0.25) is 0 Å². The Bertz CT molecular complexity index is 749. The molecule has 3 nitrogen and oxygen atoms in total. The van der Waals surface area contributed by atoms with Gasteiger partial charge < -0.3 is 0 Å². The van der Waals surface area contributed by atoms with Crippen molar-refractivity contribution in [1.82, 2.24) is 4.98 Å². The second kappa shape index (κ2) is 5.95. The van der Waals surface area contributed by atoms with Gasteiger partial charge in [0.2, 0.25) is 0 Å². The highest BCUT2D eigenvalue weighted by molar-refractivity contribution is 9.10. The molecular weight excluding hydrogens is 348 g/mol. The average Bonchev–Trinajstić information content (AvgIpc) is 2.92. The Morgan fingerprint density at radius 1 is 1.19 bits per heavy atom. The van der Waals surface area contributed by atoms with Gasteiger partial charge in [0.15, 0.2) is 5.13 Å². The van der Waals surface area contributed by atoms with Crippen LogP contribution in [0.4, 0.5) is 5.13 Å². The number of thiazole rings is 1. The van der Waals surface area contributed by atoms with Gasteiger partial charge in [0, 0.05) is 16.6 Å². The number of benzene rings is 2. The average molecular weight is 361 g/mol. The van der Waals surface area contributed by atoms with Crippen molar-refractivity contribution in [2.24, 2.45) is 0 Å². The number of aromatic nitrogens is 1. The Morgan fingerprint density at radius 2 is 1.90 bits per heavy atom. The van der Waals surface area contributed by atoms with Gasteiger partial charge >= 0.3 is 0 Å². The molecule has 1 heterocycles. The van der Waals surface area contributed by atoms with E-state index in [-0.39, 0.29) is 5.91 Å². The van der Waals surface area contributed by atoms with Crippen LogP contribution < -0.4 is 4.90 Å². The number of fused-ring (bicyclic) bond motifs is 1. The van der Waals surface area contributed by atoms with E-state index < -0.39 is 0 Å². The fourth-order valence-corrected chi connectivity index (χ4v) is 3.38. The summed E-state index contributed by atoms with van der Waals surface area (Å²) in [5.74, 6) is -0.0240. The fraction of sp³-hybridized carbons (Fsp3) is 0.125. The molecule has 0 bridgehead atoms. The van der Waals surface area contributed by atoms with Gasteiger partial charge in [-0.25, -0.2) is 4.98 Å². The van der Waals surface area contributed by atoms with Gasteiger partial charge in [-0.1, -0.05) is 39.4 Å². The molecule has 0 fully saturated rings. The van der Waals surface area contributed by atoms with Crippen LogP contribution in [0.25, 0.3) is 10.2 Å². The van der Waals surface area contributed by atoms with Gasteiger partial charge in [0.1, 0.15) is 0 Å². The fourth-order valence-electron chi connectivity index (χ4n) is 2.09. The molecule has 0 saturated heterocycles. The minimum atomic E-state index is -0.0240. The summed E-state index contributed by atoms with van der Waals surface area (Å²) in [5.41, 5.74) is 1.60. The van der Waals surface area contributed by atoms with E-state index >= 15 is 0 Å². The lowest BCUT2D eigenvalue weighted by Gasteiger charge is -2.17. The third-order valence-electron chi connectivity index (χ3n) is 3.17. The highest BCUT2D eigenvalue weighted by Crippen LogP contribution is 2.29. The summed E-state index contributed by atoms with van der Waals surface area (Å²) in [6.45, 7) is 2.55. The maximum atomic E-state index is 12.6. The van der Waals surface area contributed by atoms with Crippen molar-refractivity contribution in [3.63, 3.8) is 0 Å². The lowest BCUT2D eigenvalue weighted by atomic mass is 10.2. The van der Waals surface area contributed by atoms with Gasteiger partial charge in [-0.05, 0) is 43.3 Å². The van der Waals surface area contributed by atoms with Crippen LogP contribution in [0, 0.1) is 0 Å². The Labute approximate surface area is 135 Å². The van der Waals surface area contributed by atoms with Crippen molar-refractivity contribution in [2.45, 2.75) is 6.92 Å². The molecule has 0 aliphatic carbocycles. The largest absolute Gasteiger partial charge is 0.284 e. The van der Waals surface area contributed by atoms with E-state index in [1.54, 1.807) is 16.2 Å². The maximum absolute atomic E-state index is 12.6. The van der Waals surface area contributed by atoms with Gasteiger partial charge in [-0.15, -0.1) is 0 Å². The van der Waals surface area contributed by atoms with Crippen LogP contribution in [0.15, 0.2) is 53.0 Å². The number of para-hydroxylation sites is 1. The predicted molar refractivity (Wildman–Crippen MR) is 91.1 cm³/mol. The standard InChI is InChI=1S/C16H13BrN2OS/c1-2-19(15(20)11-7-9-12(17)10-8-11)16-18-13-5-3-4-6-14(13)21-16/h3-10H,2H2,1H3. The zero-order valence-electron chi connectivity index (χ0n) is 11.4. The Balaban J connectivity index is 1.97. The first-order valence-corrected chi connectivity index (χ1v) is 8.23. The molecule has 0 saturated carbocycles. The van der Waals surface area contributed by atoms with Crippen LogP contribution in [-0.2, 0) is 0 Å². The van der Waals surface area contributed by atoms with Crippen molar-refractivity contribution in [2.75, 3.05) is 11.4 Å². The Kier molecular flexibility index (Phi) is 4.03. The van der Waals surface area contributed by atoms with Gasteiger partial charge in [0.25, 0.3) is 5.91 Å². The summed E-state index contributed by atoms with van der Waals surface area (Å²) in [6.07, 6.45) is 0. The molecule has 1 aromatic heterocycles. The first-order chi connectivity index (χ1) is 10.2. The number of carbonyl (C=O) groups excluding carboxylic acids is 1. The van der Waals surface area contributed by atoms with Crippen LogP contribution in [-0.4, -0.2) is 17.4 Å². The summed E-state index contributed by atoms with van der Waals surface area (Å²) >= 11 is 4.92. The van der Waals surface area contributed by atoms with Crippen LogP contribution in [0.1, 0.15) is 17.3 Å². The van der Waals surface area contributed by atoms with Gasteiger partial charge in [-0.2, -0.15) is 0 Å². The molecule has 0 N–H and O–H groups in total. The zero-order valence-corrected chi connectivity index (χ0v) is 13.8. The van der Waals surface area contributed by atoms with Crippen molar-refractivity contribution >= 4 is 48.5 Å². The topological polar surface area (TPSA) is 33.2 Å². The monoisotopic (exact) mass is 360 g/mol. The molecule has 0 spiro atoms. The molecule has 2 aromatic carbocycles. The molecule has 3 aromatic rings. The Hall–Kier alpha value is -1.72. The molecule has 0 unspecified atom stereocenters. The smallest absolute Gasteiger partial charge is 0.260 e. The van der Waals surface area contributed by atoms with E-state index in [9.17, 15) is 4.79 Å². The first-order valence-electron chi connectivity index (χ1n) is 6.62. The third-order valence-corrected chi connectivity index (χ3v) is 4.75. The highest BCUT2D eigenvalue weighted by atomic mass is 79.9. The number of hydrogen-bond donors (Lipinski definition) is 0. The number of halogens is 1. The molecule has 21 heavy (non-hydrogen) atoms. The van der Waals surface area contributed by atoms with Crippen molar-refractivity contribution in [1.29, 1.82) is 0 Å². The maximum Gasteiger partial charge on any atom is 0.260 e. The van der Waals surface area contributed by atoms with Crippen LogP contribution in [0.3, 0.4) is 0 Å². The number of anilines is 1. The molecule has 1 amide bonds. The Morgan fingerprint density at radius 3 is 2.57 bits per heavy atom. The summed E-state index contributed by atoms with van der Waals surface area (Å²) in [6, 6.07) is 15.3. The zero-order chi connectivity index (χ0) is 14.8. The van der Waals surface area contributed by atoms with Crippen LogP contribution in [0.5, 0.6) is 0 Å². The number of amides is 1. The van der Waals surface area contributed by atoms with Crippen molar-refractivity contribution in [3.8, 4) is 0 Å². The van der Waals surface area contributed by atoms with E-state index in [1.165, 1.54) is 0 Å². The molecule has 3 rings (SSSR count). The molecule has 5 heteroatoms. The summed E-state index contributed by atoms with van der Waals surface area (Å²) < 4.78 is 2.05. The summed E-state index contributed by atoms with van der Waals surface area (Å²) in [5, 5.41) is 0.742. The van der Waals surface area contributed by atoms with Crippen molar-refractivity contribution in [3.05, 3.63) is 58.6 Å². The number of carbonyl (C=O) groups is 1.